The molecule has 6 aromatic rings. The SMILES string of the molecule is C[C](C)(CC(=O)O)[Ge]([c]1ccccc1)([c]1ccccc1)[c]1ccccc1.C[C](C)(CC(=O)O)[Ge]([c]1ccccc1)([c]1ccccc1)[c]1ccccc1. The van der Waals surface area contributed by atoms with E-state index in [1.165, 1.54) is 26.4 Å². The molecule has 2 N–H and O–H groups in total. The van der Waals surface area contributed by atoms with E-state index in [1.54, 1.807) is 0 Å². The van der Waals surface area contributed by atoms with Crippen LogP contribution in [0.4, 0.5) is 0 Å². The Hall–Kier alpha value is -4.65. The normalized spacial score (nSPS) is 11.9. The summed E-state index contributed by atoms with van der Waals surface area (Å²) in [6, 6.07) is 63.2. The van der Waals surface area contributed by atoms with Gasteiger partial charge in [0.1, 0.15) is 0 Å². The van der Waals surface area contributed by atoms with Crippen molar-refractivity contribution in [2.75, 3.05) is 0 Å². The number of carboxylic acids is 2. The average molecular weight is 810 g/mol. The second-order valence-corrected chi connectivity index (χ2v) is 33.8. The van der Waals surface area contributed by atoms with Gasteiger partial charge in [-0.3, -0.25) is 0 Å². The van der Waals surface area contributed by atoms with E-state index in [0.717, 1.165) is 0 Å². The van der Waals surface area contributed by atoms with Gasteiger partial charge in [-0.25, -0.2) is 0 Å². The average Bonchev–Trinajstić information content (AvgIpc) is 3.14. The molecule has 0 fully saturated rings. The molecule has 0 saturated heterocycles. The monoisotopic (exact) mass is 812 g/mol. The quantitative estimate of drug-likeness (QED) is 0.133. The molecule has 0 unspecified atom stereocenters. The van der Waals surface area contributed by atoms with Crippen molar-refractivity contribution < 1.29 is 19.8 Å². The number of carbonyl (C=O) groups is 2. The summed E-state index contributed by atoms with van der Waals surface area (Å²) in [7, 11) is 0. The van der Waals surface area contributed by atoms with Gasteiger partial charge in [-0.05, 0) is 0 Å². The van der Waals surface area contributed by atoms with Crippen LogP contribution in [0, 0.1) is 0 Å². The Morgan fingerprint density at radius 3 is 0.654 bits per heavy atom. The predicted molar refractivity (Wildman–Crippen MR) is 221 cm³/mol. The third-order valence-corrected chi connectivity index (χ3v) is 34.8. The number of hydrogen-bond donors (Lipinski definition) is 2. The van der Waals surface area contributed by atoms with Crippen LogP contribution in [0.15, 0.2) is 182 Å². The van der Waals surface area contributed by atoms with Crippen molar-refractivity contribution in [3.05, 3.63) is 182 Å². The van der Waals surface area contributed by atoms with Gasteiger partial charge < -0.3 is 0 Å². The second kappa shape index (κ2) is 16.8. The zero-order valence-corrected chi connectivity index (χ0v) is 34.6. The van der Waals surface area contributed by atoms with Gasteiger partial charge in [0.15, 0.2) is 0 Å². The molecule has 6 rings (SSSR count). The summed E-state index contributed by atoms with van der Waals surface area (Å²) >= 11 is -6.60. The molecule has 6 aromatic carbocycles. The molecule has 0 radical (unpaired) electrons. The van der Waals surface area contributed by atoms with E-state index in [9.17, 15) is 19.8 Å². The third-order valence-electron chi connectivity index (χ3n) is 10.5. The van der Waals surface area contributed by atoms with Crippen LogP contribution in [0.5, 0.6) is 0 Å². The topological polar surface area (TPSA) is 74.6 Å². The van der Waals surface area contributed by atoms with Gasteiger partial charge in [-0.1, -0.05) is 0 Å². The van der Waals surface area contributed by atoms with E-state index in [2.05, 4.69) is 173 Å². The van der Waals surface area contributed by atoms with E-state index in [0.29, 0.717) is 0 Å². The van der Waals surface area contributed by atoms with Crippen molar-refractivity contribution in [1.29, 1.82) is 0 Å². The van der Waals surface area contributed by atoms with E-state index >= 15 is 0 Å². The van der Waals surface area contributed by atoms with Crippen LogP contribution in [0.1, 0.15) is 40.5 Å². The van der Waals surface area contributed by atoms with Crippen molar-refractivity contribution in [3.8, 4) is 0 Å². The van der Waals surface area contributed by atoms with Gasteiger partial charge in [-0.15, -0.1) is 0 Å². The van der Waals surface area contributed by atoms with E-state index < -0.39 is 38.5 Å². The molecular formula is C46H48Ge2O4. The minimum absolute atomic E-state index is 0.145. The molecule has 0 aliphatic carbocycles. The molecule has 0 aliphatic heterocycles. The first-order valence-corrected chi connectivity index (χ1v) is 26.1. The molecule has 4 nitrogen and oxygen atoms in total. The third kappa shape index (κ3) is 7.74. The Morgan fingerprint density at radius 2 is 0.519 bits per heavy atom. The fourth-order valence-corrected chi connectivity index (χ4v) is 33.0. The second-order valence-electron chi connectivity index (χ2n) is 14.6. The van der Waals surface area contributed by atoms with Crippen molar-refractivity contribution in [3.63, 3.8) is 0 Å². The van der Waals surface area contributed by atoms with Crippen molar-refractivity contribution in [2.24, 2.45) is 0 Å². The molecule has 0 saturated carbocycles. The van der Waals surface area contributed by atoms with Gasteiger partial charge in [0.25, 0.3) is 0 Å². The van der Waals surface area contributed by atoms with Crippen LogP contribution in [-0.4, -0.2) is 48.7 Å². The molecule has 0 amide bonds. The number of carboxylic acid groups (broad SMARTS) is 2. The van der Waals surface area contributed by atoms with Gasteiger partial charge in [0.2, 0.25) is 0 Å². The maximum absolute atomic E-state index is 11.8. The summed E-state index contributed by atoms with van der Waals surface area (Å²) in [6.07, 6.45) is 0.289. The standard InChI is InChI=1S/2C23H24GeO2/c2*1-23(2,18-22(25)26)24(19-12-6-3-7-13-19,20-14-8-4-9-15-20)21-16-10-5-11-17-21/h2*3-17H,18H2,1-2H3,(H,25,26). The summed E-state index contributed by atoms with van der Waals surface area (Å²) in [5.41, 5.74) is 0. The van der Waals surface area contributed by atoms with E-state index in [-0.39, 0.29) is 21.3 Å². The first-order chi connectivity index (χ1) is 25.0. The first-order valence-electron chi connectivity index (χ1n) is 17.7. The molecule has 0 aromatic heterocycles. The summed E-state index contributed by atoms with van der Waals surface area (Å²) in [4.78, 5) is 23.6. The Balaban J connectivity index is 0.000000201. The fourth-order valence-electron chi connectivity index (χ4n) is 8.49. The van der Waals surface area contributed by atoms with Crippen molar-refractivity contribution in [1.82, 2.24) is 0 Å². The van der Waals surface area contributed by atoms with Crippen LogP contribution < -0.4 is 26.4 Å². The molecule has 0 atom stereocenters. The number of rotatable bonds is 12. The van der Waals surface area contributed by atoms with Crippen LogP contribution >= 0.6 is 0 Å². The molecule has 6 heteroatoms. The molecule has 264 valence electrons. The number of hydrogen-bond acceptors (Lipinski definition) is 2. The number of aliphatic carboxylic acids is 2. The van der Waals surface area contributed by atoms with Gasteiger partial charge in [0, 0.05) is 0 Å². The molecule has 0 aliphatic rings. The van der Waals surface area contributed by atoms with E-state index in [4.69, 9.17) is 0 Å². The minimum atomic E-state index is -3.30. The molecule has 0 spiro atoms. The summed E-state index contributed by atoms with van der Waals surface area (Å²) in [5.74, 6) is -1.49. The number of benzene rings is 6. The fraction of sp³-hybridized carbons (Fsp3) is 0.174. The summed E-state index contributed by atoms with van der Waals surface area (Å²) < 4.78 is 7.00. The van der Waals surface area contributed by atoms with Crippen LogP contribution in [-0.2, 0) is 9.59 Å². The molecule has 52 heavy (non-hydrogen) atoms. The van der Waals surface area contributed by atoms with Crippen molar-refractivity contribution in [2.45, 2.75) is 49.0 Å². The maximum atomic E-state index is 11.8. The zero-order chi connectivity index (χ0) is 37.2. The van der Waals surface area contributed by atoms with E-state index in [1.807, 2.05) is 36.4 Å². The Bertz CT molecular complexity index is 1670. The molecule has 0 heterocycles. The predicted octanol–water partition coefficient (Wildman–Crippen LogP) is 6.82. The van der Waals surface area contributed by atoms with Crippen LogP contribution in [0.2, 0.25) is 8.49 Å². The van der Waals surface area contributed by atoms with Gasteiger partial charge >= 0.3 is 316 Å². The Morgan fingerprint density at radius 1 is 0.365 bits per heavy atom. The van der Waals surface area contributed by atoms with Gasteiger partial charge in [-0.2, -0.15) is 0 Å². The van der Waals surface area contributed by atoms with Crippen LogP contribution in [0.3, 0.4) is 0 Å². The molecular weight excluding hydrogens is 762 g/mol. The zero-order valence-electron chi connectivity index (χ0n) is 30.4. The van der Waals surface area contributed by atoms with Crippen molar-refractivity contribution >= 4 is 64.8 Å². The van der Waals surface area contributed by atoms with Crippen LogP contribution in [0.25, 0.3) is 0 Å². The van der Waals surface area contributed by atoms with Gasteiger partial charge in [0.05, 0.1) is 0 Å². The molecule has 0 bridgehead atoms. The summed E-state index contributed by atoms with van der Waals surface area (Å²) in [6.45, 7) is 8.53. The Kier molecular flexibility index (Phi) is 12.5. The summed E-state index contributed by atoms with van der Waals surface area (Å²) in [5, 5.41) is 19.4. The Labute approximate surface area is 313 Å². The first kappa shape index (κ1) is 38.6.